The summed E-state index contributed by atoms with van der Waals surface area (Å²) in [4.78, 5) is 14.8. The number of carbonyl (C=O) groups excluding carboxylic acids is 1. The Balaban J connectivity index is 1.76. The fourth-order valence-corrected chi connectivity index (χ4v) is 4.37. The number of unbranched alkanes of at least 4 members (excludes halogenated alkanes) is 5. The van der Waals surface area contributed by atoms with E-state index >= 15 is 0 Å². The van der Waals surface area contributed by atoms with Crippen LogP contribution in [-0.2, 0) is 4.79 Å². The molecule has 0 aromatic heterocycles. The van der Waals surface area contributed by atoms with Crippen molar-refractivity contribution in [3.63, 3.8) is 0 Å². The number of hydrogen-bond donors (Lipinski definition) is 0. The minimum absolute atomic E-state index is 0.346. The largest absolute Gasteiger partial charge is 0.342 e. The highest BCUT2D eigenvalue weighted by atomic mass is 16.2. The quantitative estimate of drug-likeness (QED) is 0.629. The molecule has 2 rings (SSSR count). The van der Waals surface area contributed by atoms with Crippen LogP contribution in [0, 0.1) is 23.7 Å². The SMILES string of the molecule is CCCCCCCCN1CC(C)C2CCC(C)C2C1=O. The van der Waals surface area contributed by atoms with E-state index in [0.717, 1.165) is 13.1 Å². The topological polar surface area (TPSA) is 20.3 Å². The third-order valence-corrected chi connectivity index (χ3v) is 5.65. The second kappa shape index (κ2) is 7.47. The molecule has 116 valence electrons. The maximum Gasteiger partial charge on any atom is 0.226 e. The Labute approximate surface area is 125 Å². The highest BCUT2D eigenvalue weighted by Crippen LogP contribution is 2.45. The second-order valence-electron chi connectivity index (χ2n) is 7.27. The molecule has 0 radical (unpaired) electrons. The van der Waals surface area contributed by atoms with Gasteiger partial charge in [-0.1, -0.05) is 52.9 Å². The first-order valence-electron chi connectivity index (χ1n) is 8.94. The van der Waals surface area contributed by atoms with E-state index in [1.54, 1.807) is 0 Å². The Hall–Kier alpha value is -0.530. The molecule has 0 bridgehead atoms. The van der Waals surface area contributed by atoms with Gasteiger partial charge in [0.05, 0.1) is 0 Å². The molecule has 20 heavy (non-hydrogen) atoms. The van der Waals surface area contributed by atoms with E-state index < -0.39 is 0 Å². The third kappa shape index (κ3) is 3.56. The van der Waals surface area contributed by atoms with E-state index in [1.165, 1.54) is 51.4 Å². The number of fused-ring (bicyclic) bond motifs is 1. The van der Waals surface area contributed by atoms with Crippen molar-refractivity contribution in [2.75, 3.05) is 13.1 Å². The summed E-state index contributed by atoms with van der Waals surface area (Å²) in [6, 6.07) is 0. The Morgan fingerprint density at radius 2 is 1.70 bits per heavy atom. The maximum absolute atomic E-state index is 12.7. The fraction of sp³-hybridized carbons (Fsp3) is 0.944. The lowest BCUT2D eigenvalue weighted by molar-refractivity contribution is -0.144. The van der Waals surface area contributed by atoms with E-state index in [0.29, 0.717) is 29.6 Å². The molecule has 2 nitrogen and oxygen atoms in total. The van der Waals surface area contributed by atoms with Crippen LogP contribution in [0.3, 0.4) is 0 Å². The van der Waals surface area contributed by atoms with Gasteiger partial charge in [0.15, 0.2) is 0 Å². The molecule has 0 aromatic rings. The zero-order chi connectivity index (χ0) is 14.5. The Morgan fingerprint density at radius 1 is 1.00 bits per heavy atom. The zero-order valence-electron chi connectivity index (χ0n) is 13.7. The van der Waals surface area contributed by atoms with Crippen molar-refractivity contribution in [2.45, 2.75) is 72.1 Å². The number of rotatable bonds is 7. The normalized spacial score (nSPS) is 33.5. The molecular weight excluding hydrogens is 246 g/mol. The van der Waals surface area contributed by atoms with Crippen LogP contribution in [0.1, 0.15) is 72.1 Å². The van der Waals surface area contributed by atoms with Crippen molar-refractivity contribution in [3.05, 3.63) is 0 Å². The van der Waals surface area contributed by atoms with Gasteiger partial charge >= 0.3 is 0 Å². The van der Waals surface area contributed by atoms with Crippen molar-refractivity contribution >= 4 is 5.91 Å². The number of hydrogen-bond acceptors (Lipinski definition) is 1. The molecule has 4 unspecified atom stereocenters. The molecule has 2 fully saturated rings. The molecule has 1 amide bonds. The van der Waals surface area contributed by atoms with Gasteiger partial charge in [0, 0.05) is 19.0 Å². The third-order valence-electron chi connectivity index (χ3n) is 5.65. The van der Waals surface area contributed by atoms with Crippen LogP contribution in [0.4, 0.5) is 0 Å². The summed E-state index contributed by atoms with van der Waals surface area (Å²) in [7, 11) is 0. The molecule has 1 saturated carbocycles. The van der Waals surface area contributed by atoms with Crippen LogP contribution in [0.15, 0.2) is 0 Å². The molecule has 1 saturated heterocycles. The van der Waals surface area contributed by atoms with Crippen LogP contribution in [0.25, 0.3) is 0 Å². The van der Waals surface area contributed by atoms with Crippen LogP contribution < -0.4 is 0 Å². The van der Waals surface area contributed by atoms with Gasteiger partial charge in [-0.3, -0.25) is 4.79 Å². The lowest BCUT2D eigenvalue weighted by Gasteiger charge is -2.40. The highest BCUT2D eigenvalue weighted by Gasteiger charge is 2.46. The van der Waals surface area contributed by atoms with E-state index in [-0.39, 0.29) is 0 Å². The van der Waals surface area contributed by atoms with Crippen molar-refractivity contribution in [1.82, 2.24) is 4.90 Å². The average molecular weight is 279 g/mol. The van der Waals surface area contributed by atoms with Crippen LogP contribution in [0.2, 0.25) is 0 Å². The number of nitrogens with zero attached hydrogens (tertiary/aromatic N) is 1. The summed E-state index contributed by atoms with van der Waals surface area (Å²) in [6.45, 7) is 8.92. The van der Waals surface area contributed by atoms with Crippen molar-refractivity contribution < 1.29 is 4.79 Å². The van der Waals surface area contributed by atoms with E-state index in [4.69, 9.17) is 0 Å². The van der Waals surface area contributed by atoms with E-state index in [1.807, 2.05) is 0 Å². The molecular formula is C18H33NO. The minimum atomic E-state index is 0.346. The van der Waals surface area contributed by atoms with Gasteiger partial charge in [-0.15, -0.1) is 0 Å². The number of amides is 1. The average Bonchev–Trinajstić information content (AvgIpc) is 2.82. The first-order chi connectivity index (χ1) is 9.65. The Morgan fingerprint density at radius 3 is 2.45 bits per heavy atom. The van der Waals surface area contributed by atoms with Gasteiger partial charge in [-0.25, -0.2) is 0 Å². The van der Waals surface area contributed by atoms with Gasteiger partial charge in [-0.05, 0) is 37.0 Å². The summed E-state index contributed by atoms with van der Waals surface area (Å²) in [5.74, 6) is 2.83. The molecule has 1 heterocycles. The van der Waals surface area contributed by atoms with Crippen molar-refractivity contribution in [1.29, 1.82) is 0 Å². The fourth-order valence-electron chi connectivity index (χ4n) is 4.37. The lowest BCUT2D eigenvalue weighted by Crippen LogP contribution is -2.49. The predicted octanol–water partition coefficient (Wildman–Crippen LogP) is 4.49. The number of piperidine rings is 1. The lowest BCUT2D eigenvalue weighted by atomic mass is 9.78. The molecule has 1 aliphatic heterocycles. The standard InChI is InChI=1S/C18H33NO/c1-4-5-6-7-8-9-12-19-13-15(3)16-11-10-14(2)17(16)18(19)20/h14-17H,4-13H2,1-3H3. The molecule has 1 aliphatic carbocycles. The Bertz CT molecular complexity index is 315. The summed E-state index contributed by atoms with van der Waals surface area (Å²) in [5.41, 5.74) is 0. The summed E-state index contributed by atoms with van der Waals surface area (Å²) in [5, 5.41) is 0. The van der Waals surface area contributed by atoms with Gasteiger partial charge in [-0.2, -0.15) is 0 Å². The molecule has 4 atom stereocenters. The zero-order valence-corrected chi connectivity index (χ0v) is 13.7. The molecule has 0 spiro atoms. The van der Waals surface area contributed by atoms with Crippen LogP contribution in [-0.4, -0.2) is 23.9 Å². The number of carbonyl (C=O) groups is 1. The first-order valence-corrected chi connectivity index (χ1v) is 8.94. The minimum Gasteiger partial charge on any atom is -0.342 e. The molecule has 2 aliphatic rings. The van der Waals surface area contributed by atoms with Crippen LogP contribution >= 0.6 is 0 Å². The van der Waals surface area contributed by atoms with E-state index in [9.17, 15) is 4.79 Å². The predicted molar refractivity (Wildman–Crippen MR) is 84.5 cm³/mol. The number of likely N-dealkylation sites (tertiary alicyclic amines) is 1. The highest BCUT2D eigenvalue weighted by molar-refractivity contribution is 5.80. The molecule has 2 heteroatoms. The molecule has 0 N–H and O–H groups in total. The summed E-state index contributed by atoms with van der Waals surface area (Å²) < 4.78 is 0. The molecule has 0 aromatic carbocycles. The maximum atomic E-state index is 12.7. The van der Waals surface area contributed by atoms with Crippen LogP contribution in [0.5, 0.6) is 0 Å². The summed E-state index contributed by atoms with van der Waals surface area (Å²) >= 11 is 0. The monoisotopic (exact) mass is 279 g/mol. The van der Waals surface area contributed by atoms with Gasteiger partial charge in [0.2, 0.25) is 5.91 Å². The van der Waals surface area contributed by atoms with Gasteiger partial charge in [0.1, 0.15) is 0 Å². The Kier molecular flexibility index (Phi) is 5.92. The van der Waals surface area contributed by atoms with Gasteiger partial charge in [0.25, 0.3) is 0 Å². The van der Waals surface area contributed by atoms with Crippen molar-refractivity contribution in [2.24, 2.45) is 23.7 Å². The smallest absolute Gasteiger partial charge is 0.226 e. The van der Waals surface area contributed by atoms with Crippen molar-refractivity contribution in [3.8, 4) is 0 Å². The summed E-state index contributed by atoms with van der Waals surface area (Å²) in [6.07, 6.45) is 10.4. The second-order valence-corrected chi connectivity index (χ2v) is 7.27. The first kappa shape index (κ1) is 15.9. The van der Waals surface area contributed by atoms with E-state index in [2.05, 4.69) is 25.7 Å². The van der Waals surface area contributed by atoms with Gasteiger partial charge < -0.3 is 4.90 Å².